The van der Waals surface area contributed by atoms with Gasteiger partial charge in [0.1, 0.15) is 0 Å². The molecule has 2 bridgehead atoms. The van der Waals surface area contributed by atoms with Crippen molar-refractivity contribution in [2.24, 2.45) is 5.41 Å². The van der Waals surface area contributed by atoms with Gasteiger partial charge in [-0.25, -0.2) is 0 Å². The molecule has 3 aliphatic heterocycles. The molecule has 0 amide bonds. The average Bonchev–Trinajstić information content (AvgIpc) is 2.90. The Morgan fingerprint density at radius 1 is 1.20 bits per heavy atom. The lowest BCUT2D eigenvalue weighted by Crippen LogP contribution is -2.46. The Labute approximate surface area is 146 Å². The maximum Gasteiger partial charge on any atom is 0.394 e. The molecule has 2 aromatic rings. The largest absolute Gasteiger partial charge is 0.394 e. The number of para-hydroxylation sites is 1. The number of benzene rings is 1. The number of H-pyrrole nitrogens is 1. The summed E-state index contributed by atoms with van der Waals surface area (Å²) in [7, 11) is -4.67. The second-order valence-electron chi connectivity index (χ2n) is 6.71. The van der Waals surface area contributed by atoms with Crippen molar-refractivity contribution in [1.29, 1.82) is 0 Å². The van der Waals surface area contributed by atoms with Crippen LogP contribution < -0.4 is 0 Å². The fraction of sp³-hybridized carbons (Fsp3) is 0.471. The van der Waals surface area contributed by atoms with Gasteiger partial charge in [-0.3, -0.25) is 18.8 Å². The van der Waals surface area contributed by atoms with Gasteiger partial charge in [0.05, 0.1) is 5.69 Å². The summed E-state index contributed by atoms with van der Waals surface area (Å²) in [6, 6.07) is 8.29. The number of aromatic nitrogens is 1. The summed E-state index contributed by atoms with van der Waals surface area (Å²) in [6.07, 6.45) is 2.97. The van der Waals surface area contributed by atoms with Crippen LogP contribution in [0.25, 0.3) is 10.9 Å². The molecular formula is C17H22N2O5S. The van der Waals surface area contributed by atoms with Crippen LogP contribution in [0.1, 0.15) is 42.2 Å². The number of carbonyl (C=O) groups excluding carboxylic acids is 1. The van der Waals surface area contributed by atoms with E-state index in [0.29, 0.717) is 5.78 Å². The Bertz CT molecular complexity index is 887. The number of hydrogen-bond donors (Lipinski definition) is 3. The van der Waals surface area contributed by atoms with Gasteiger partial charge in [0, 0.05) is 28.4 Å². The zero-order valence-electron chi connectivity index (χ0n) is 14.0. The Balaban J connectivity index is 0.000000324. The number of rotatable bonds is 1. The smallest absolute Gasteiger partial charge is 0.352 e. The molecule has 3 aliphatic rings. The van der Waals surface area contributed by atoms with Gasteiger partial charge in [-0.05, 0) is 38.4 Å². The van der Waals surface area contributed by atoms with Crippen molar-refractivity contribution in [3.8, 4) is 0 Å². The number of fused-ring (bicyclic) bond motifs is 3. The summed E-state index contributed by atoms with van der Waals surface area (Å²) in [5.41, 5.74) is 3.05. The van der Waals surface area contributed by atoms with Crippen LogP contribution >= 0.6 is 0 Å². The first-order valence-corrected chi connectivity index (χ1v) is 9.70. The molecular weight excluding hydrogens is 344 g/mol. The topological polar surface area (TPSA) is 111 Å². The van der Waals surface area contributed by atoms with E-state index in [0.717, 1.165) is 50.1 Å². The standard InChI is InChI=1S/C17H20N2O.H2O4S/c1-2-17-7-9-19(10-8-17)11-13-12-5-3-4-6-14(12)18-15(13)16(17)20;1-5(2,3)4/h3-6,18H,2,7-11H2,1H3;(H2,1,2,3,4). The maximum absolute atomic E-state index is 13.1. The summed E-state index contributed by atoms with van der Waals surface area (Å²) < 4.78 is 31.6. The number of Topliss-reactive ketones (excluding diaryl/α,β-unsaturated/α-hetero) is 1. The third-order valence-electron chi connectivity index (χ3n) is 5.39. The number of piperidine rings is 1. The summed E-state index contributed by atoms with van der Waals surface area (Å²) in [5, 5.41) is 1.22. The van der Waals surface area contributed by atoms with Crippen molar-refractivity contribution in [2.75, 3.05) is 13.1 Å². The normalized spacial score (nSPS) is 25.7. The lowest BCUT2D eigenvalue weighted by Gasteiger charge is -2.42. The van der Waals surface area contributed by atoms with E-state index in [1.165, 1.54) is 10.9 Å². The Hall–Kier alpha value is -1.74. The van der Waals surface area contributed by atoms with Crippen molar-refractivity contribution in [3.05, 3.63) is 35.5 Å². The van der Waals surface area contributed by atoms with Crippen LogP contribution in [0.3, 0.4) is 0 Å². The molecule has 25 heavy (non-hydrogen) atoms. The van der Waals surface area contributed by atoms with Crippen LogP contribution in [0.5, 0.6) is 0 Å². The number of ketones is 1. The molecule has 0 radical (unpaired) electrons. The molecule has 1 saturated heterocycles. The van der Waals surface area contributed by atoms with Crippen LogP contribution in [-0.4, -0.2) is 46.3 Å². The molecule has 0 saturated carbocycles. The highest BCUT2D eigenvalue weighted by Crippen LogP contribution is 2.42. The van der Waals surface area contributed by atoms with E-state index in [4.69, 9.17) is 17.5 Å². The monoisotopic (exact) mass is 366 g/mol. The van der Waals surface area contributed by atoms with Gasteiger partial charge in [0.2, 0.25) is 0 Å². The molecule has 1 aromatic heterocycles. The van der Waals surface area contributed by atoms with E-state index in [1.807, 2.05) is 6.07 Å². The first-order chi connectivity index (χ1) is 11.7. The highest BCUT2D eigenvalue weighted by molar-refractivity contribution is 7.79. The van der Waals surface area contributed by atoms with Crippen molar-refractivity contribution >= 4 is 27.1 Å². The second-order valence-corrected chi connectivity index (χ2v) is 7.61. The SMILES string of the molecule is CCC12CCN(CC1)Cc1c([nH]c3ccccc13)C2=O.O=S(=O)(O)O. The summed E-state index contributed by atoms with van der Waals surface area (Å²) >= 11 is 0. The summed E-state index contributed by atoms with van der Waals surface area (Å²) in [5.74, 6) is 0.352. The van der Waals surface area contributed by atoms with Crippen LogP contribution in [-0.2, 0) is 16.9 Å². The van der Waals surface area contributed by atoms with Crippen molar-refractivity contribution < 1.29 is 22.3 Å². The van der Waals surface area contributed by atoms with Crippen molar-refractivity contribution in [1.82, 2.24) is 9.88 Å². The van der Waals surface area contributed by atoms with Gasteiger partial charge in [-0.15, -0.1) is 0 Å². The van der Waals surface area contributed by atoms with Crippen molar-refractivity contribution in [2.45, 2.75) is 32.7 Å². The molecule has 0 spiro atoms. The number of hydrogen-bond acceptors (Lipinski definition) is 4. The summed E-state index contributed by atoms with van der Waals surface area (Å²) in [6.45, 7) is 5.18. The van der Waals surface area contributed by atoms with Gasteiger partial charge in [0.15, 0.2) is 5.78 Å². The summed E-state index contributed by atoms with van der Waals surface area (Å²) in [4.78, 5) is 19.0. The van der Waals surface area contributed by atoms with Crippen LogP contribution in [0, 0.1) is 5.41 Å². The Morgan fingerprint density at radius 2 is 1.80 bits per heavy atom. The molecule has 8 heteroatoms. The fourth-order valence-electron chi connectivity index (χ4n) is 3.93. The van der Waals surface area contributed by atoms with Gasteiger partial charge >= 0.3 is 10.4 Å². The number of carbonyl (C=O) groups is 1. The van der Waals surface area contributed by atoms with Gasteiger partial charge < -0.3 is 4.98 Å². The van der Waals surface area contributed by atoms with E-state index in [9.17, 15) is 4.79 Å². The lowest BCUT2D eigenvalue weighted by molar-refractivity contribution is 0.0526. The molecule has 4 heterocycles. The van der Waals surface area contributed by atoms with E-state index < -0.39 is 10.4 Å². The average molecular weight is 366 g/mol. The number of aromatic amines is 1. The van der Waals surface area contributed by atoms with E-state index in [2.05, 4.69) is 35.0 Å². The molecule has 0 atom stereocenters. The van der Waals surface area contributed by atoms with Crippen LogP contribution in [0.2, 0.25) is 0 Å². The number of nitrogens with one attached hydrogen (secondary N) is 1. The Kier molecular flexibility index (Phi) is 4.72. The van der Waals surface area contributed by atoms with E-state index in [1.54, 1.807) is 0 Å². The molecule has 7 nitrogen and oxygen atoms in total. The minimum Gasteiger partial charge on any atom is -0.352 e. The van der Waals surface area contributed by atoms with Crippen molar-refractivity contribution in [3.63, 3.8) is 0 Å². The molecule has 136 valence electrons. The van der Waals surface area contributed by atoms with Gasteiger partial charge in [-0.1, -0.05) is 25.1 Å². The maximum atomic E-state index is 13.1. The van der Waals surface area contributed by atoms with Crippen LogP contribution in [0.15, 0.2) is 24.3 Å². The lowest BCUT2D eigenvalue weighted by atomic mass is 9.70. The molecule has 0 aliphatic carbocycles. The number of nitrogens with zero attached hydrogens (tertiary/aromatic N) is 1. The predicted octanol–water partition coefficient (Wildman–Crippen LogP) is 2.70. The highest BCUT2D eigenvalue weighted by Gasteiger charge is 2.43. The van der Waals surface area contributed by atoms with Crippen LogP contribution in [0.4, 0.5) is 0 Å². The third kappa shape index (κ3) is 3.62. The third-order valence-corrected chi connectivity index (χ3v) is 5.39. The quantitative estimate of drug-likeness (QED) is 0.669. The fourth-order valence-corrected chi connectivity index (χ4v) is 3.93. The first kappa shape index (κ1) is 18.1. The van der Waals surface area contributed by atoms with Gasteiger partial charge in [0.25, 0.3) is 0 Å². The van der Waals surface area contributed by atoms with E-state index in [-0.39, 0.29) is 5.41 Å². The molecule has 0 unspecified atom stereocenters. The minimum absolute atomic E-state index is 0.132. The molecule has 3 N–H and O–H groups in total. The highest BCUT2D eigenvalue weighted by atomic mass is 32.3. The second kappa shape index (κ2) is 6.53. The molecule has 1 fully saturated rings. The molecule has 5 rings (SSSR count). The van der Waals surface area contributed by atoms with E-state index >= 15 is 0 Å². The predicted molar refractivity (Wildman–Crippen MR) is 94.0 cm³/mol. The zero-order chi connectivity index (χ0) is 18.2. The molecule has 1 aromatic carbocycles. The first-order valence-electron chi connectivity index (χ1n) is 8.30. The Morgan fingerprint density at radius 3 is 2.40 bits per heavy atom. The zero-order valence-corrected chi connectivity index (χ0v) is 14.8. The minimum atomic E-state index is -4.67. The van der Waals surface area contributed by atoms with Gasteiger partial charge in [-0.2, -0.15) is 8.42 Å².